The molecule has 0 aliphatic heterocycles. The quantitative estimate of drug-likeness (QED) is 0.602. The van der Waals surface area contributed by atoms with Gasteiger partial charge in [0.05, 0.1) is 34.3 Å². The first-order valence-corrected chi connectivity index (χ1v) is 10.6. The van der Waals surface area contributed by atoms with E-state index in [0.717, 1.165) is 52.4 Å². The summed E-state index contributed by atoms with van der Waals surface area (Å²) in [5.74, 6) is 0.747. The van der Waals surface area contributed by atoms with Crippen LogP contribution in [0.5, 0.6) is 0 Å². The van der Waals surface area contributed by atoms with Gasteiger partial charge < -0.3 is 10.4 Å². The molecular weight excluding hydrogens is 382 g/mol. The Morgan fingerprint density at radius 1 is 1.07 bits per heavy atom. The largest absolute Gasteiger partial charge is 0.390 e. The summed E-state index contributed by atoms with van der Waals surface area (Å²) in [4.78, 5) is 9.88. The second-order valence-corrected chi connectivity index (χ2v) is 8.00. The number of anilines is 1. The van der Waals surface area contributed by atoms with Crippen LogP contribution in [0.15, 0.2) is 42.5 Å². The summed E-state index contributed by atoms with van der Waals surface area (Å²) >= 11 is 6.52. The molecule has 2 aromatic carbocycles. The van der Waals surface area contributed by atoms with E-state index in [4.69, 9.17) is 21.6 Å². The molecule has 1 aromatic heterocycles. The Morgan fingerprint density at radius 3 is 2.55 bits per heavy atom. The molecule has 29 heavy (non-hydrogen) atoms. The number of rotatable bonds is 5. The molecule has 4 rings (SSSR count). The monoisotopic (exact) mass is 407 g/mol. The Labute approximate surface area is 177 Å². The van der Waals surface area contributed by atoms with Gasteiger partial charge in [0.2, 0.25) is 0 Å². The summed E-state index contributed by atoms with van der Waals surface area (Å²) in [7, 11) is 0. The van der Waals surface area contributed by atoms with Gasteiger partial charge in [-0.1, -0.05) is 61.8 Å². The SMILES string of the molecule is CCc1nc(-c2ccc(C)cc2Cl)c(CC)nc1NC1c2ccccc2CC1O. The minimum atomic E-state index is -0.477. The van der Waals surface area contributed by atoms with Gasteiger partial charge in [0.15, 0.2) is 0 Å². The van der Waals surface area contributed by atoms with Crippen molar-refractivity contribution < 1.29 is 5.11 Å². The van der Waals surface area contributed by atoms with Crippen molar-refractivity contribution in [2.75, 3.05) is 5.32 Å². The Morgan fingerprint density at radius 2 is 1.83 bits per heavy atom. The van der Waals surface area contributed by atoms with E-state index < -0.39 is 6.10 Å². The Kier molecular flexibility index (Phi) is 5.57. The third-order valence-corrected chi connectivity index (χ3v) is 5.90. The Hall–Kier alpha value is -2.43. The van der Waals surface area contributed by atoms with Crippen LogP contribution in [0.3, 0.4) is 0 Å². The van der Waals surface area contributed by atoms with Crippen molar-refractivity contribution in [2.45, 2.75) is 52.2 Å². The van der Waals surface area contributed by atoms with Crippen LogP contribution in [-0.2, 0) is 19.3 Å². The van der Waals surface area contributed by atoms with Crippen LogP contribution in [0, 0.1) is 6.92 Å². The van der Waals surface area contributed by atoms with Gasteiger partial charge in [0.1, 0.15) is 5.82 Å². The zero-order valence-corrected chi connectivity index (χ0v) is 17.8. The number of benzene rings is 2. The van der Waals surface area contributed by atoms with Gasteiger partial charge in [-0.3, -0.25) is 0 Å². The van der Waals surface area contributed by atoms with E-state index in [1.165, 1.54) is 5.56 Å². The van der Waals surface area contributed by atoms with E-state index in [9.17, 15) is 5.11 Å². The third kappa shape index (κ3) is 3.75. The molecule has 1 aliphatic carbocycles. The predicted molar refractivity (Wildman–Crippen MR) is 118 cm³/mol. The first-order valence-electron chi connectivity index (χ1n) is 10.2. The summed E-state index contributed by atoms with van der Waals surface area (Å²) in [5, 5.41) is 14.8. The molecule has 2 unspecified atom stereocenters. The van der Waals surface area contributed by atoms with Gasteiger partial charge in [0.25, 0.3) is 0 Å². The number of halogens is 1. The van der Waals surface area contributed by atoms with E-state index >= 15 is 0 Å². The normalized spacial score (nSPS) is 18.0. The lowest BCUT2D eigenvalue weighted by molar-refractivity contribution is 0.165. The molecule has 0 amide bonds. The summed E-state index contributed by atoms with van der Waals surface area (Å²) in [5.41, 5.74) is 6.96. The highest BCUT2D eigenvalue weighted by atomic mass is 35.5. The lowest BCUT2D eigenvalue weighted by Gasteiger charge is -2.22. The van der Waals surface area contributed by atoms with Crippen LogP contribution < -0.4 is 5.32 Å². The fourth-order valence-electron chi connectivity index (χ4n) is 4.04. The number of aromatic nitrogens is 2. The summed E-state index contributed by atoms with van der Waals surface area (Å²) in [6.45, 7) is 6.17. The summed E-state index contributed by atoms with van der Waals surface area (Å²) in [6, 6.07) is 14.0. The molecule has 4 nitrogen and oxygen atoms in total. The highest BCUT2D eigenvalue weighted by Crippen LogP contribution is 2.36. The maximum atomic E-state index is 10.6. The minimum Gasteiger partial charge on any atom is -0.390 e. The highest BCUT2D eigenvalue weighted by molar-refractivity contribution is 6.33. The maximum absolute atomic E-state index is 10.6. The zero-order chi connectivity index (χ0) is 20.5. The van der Waals surface area contributed by atoms with Gasteiger partial charge in [0, 0.05) is 12.0 Å². The molecule has 2 atom stereocenters. The number of aliphatic hydroxyl groups excluding tert-OH is 1. The van der Waals surface area contributed by atoms with E-state index in [-0.39, 0.29) is 6.04 Å². The number of nitrogens with one attached hydrogen (secondary N) is 1. The number of hydrogen-bond donors (Lipinski definition) is 2. The van der Waals surface area contributed by atoms with Crippen molar-refractivity contribution in [2.24, 2.45) is 0 Å². The van der Waals surface area contributed by atoms with Crippen LogP contribution in [0.25, 0.3) is 11.3 Å². The molecule has 1 aliphatic rings. The molecule has 150 valence electrons. The molecule has 1 heterocycles. The molecule has 0 fully saturated rings. The fraction of sp³-hybridized carbons (Fsp3) is 0.333. The van der Waals surface area contributed by atoms with Crippen molar-refractivity contribution in [3.8, 4) is 11.3 Å². The summed E-state index contributed by atoms with van der Waals surface area (Å²) < 4.78 is 0. The molecule has 3 aromatic rings. The first kappa shape index (κ1) is 19.9. The van der Waals surface area contributed by atoms with Crippen LogP contribution in [0.1, 0.15) is 48.0 Å². The number of fused-ring (bicyclic) bond motifs is 1. The first-order chi connectivity index (χ1) is 14.0. The minimum absolute atomic E-state index is 0.177. The molecule has 0 radical (unpaired) electrons. The topological polar surface area (TPSA) is 58.0 Å². The van der Waals surface area contributed by atoms with E-state index in [1.54, 1.807) is 0 Å². The lowest BCUT2D eigenvalue weighted by atomic mass is 10.0. The number of aryl methyl sites for hydroxylation is 3. The molecule has 0 saturated carbocycles. The van der Waals surface area contributed by atoms with Crippen molar-refractivity contribution in [1.29, 1.82) is 0 Å². The fourth-order valence-corrected chi connectivity index (χ4v) is 4.36. The molecule has 2 N–H and O–H groups in total. The Bertz CT molecular complexity index is 1050. The third-order valence-electron chi connectivity index (χ3n) is 5.59. The highest BCUT2D eigenvalue weighted by Gasteiger charge is 2.31. The predicted octanol–water partition coefficient (Wildman–Crippen LogP) is 5.30. The average molecular weight is 408 g/mol. The van der Waals surface area contributed by atoms with E-state index in [1.807, 2.05) is 37.3 Å². The molecule has 0 saturated heterocycles. The molecular formula is C24H26ClN3O. The average Bonchev–Trinajstić information content (AvgIpc) is 3.03. The van der Waals surface area contributed by atoms with Gasteiger partial charge in [-0.25, -0.2) is 9.97 Å². The number of aliphatic hydroxyl groups is 1. The lowest BCUT2D eigenvalue weighted by Crippen LogP contribution is -2.23. The number of hydrogen-bond acceptors (Lipinski definition) is 4. The van der Waals surface area contributed by atoms with E-state index in [0.29, 0.717) is 11.4 Å². The van der Waals surface area contributed by atoms with Crippen LogP contribution in [0.2, 0.25) is 5.02 Å². The second kappa shape index (κ2) is 8.13. The number of nitrogens with zero attached hydrogens (tertiary/aromatic N) is 2. The van der Waals surface area contributed by atoms with Crippen molar-refractivity contribution in [3.63, 3.8) is 0 Å². The van der Waals surface area contributed by atoms with Crippen LogP contribution >= 0.6 is 11.6 Å². The molecule has 5 heteroatoms. The van der Waals surface area contributed by atoms with Crippen LogP contribution in [0.4, 0.5) is 5.82 Å². The van der Waals surface area contributed by atoms with Gasteiger partial charge in [-0.15, -0.1) is 0 Å². The van der Waals surface area contributed by atoms with Gasteiger partial charge in [-0.05, 0) is 42.5 Å². The van der Waals surface area contributed by atoms with E-state index in [2.05, 4.69) is 31.3 Å². The second-order valence-electron chi connectivity index (χ2n) is 7.60. The van der Waals surface area contributed by atoms with Crippen LogP contribution in [-0.4, -0.2) is 21.2 Å². The van der Waals surface area contributed by atoms with Crippen molar-refractivity contribution >= 4 is 17.4 Å². The standard InChI is InChI=1S/C24H26ClN3O/c1-4-19-22(17-11-10-14(3)12-18(17)25)26-20(5-2)24(27-19)28-23-16-9-7-6-8-15(16)13-21(23)29/h6-12,21,23,29H,4-5,13H2,1-3H3,(H,27,28). The zero-order valence-electron chi connectivity index (χ0n) is 17.0. The van der Waals surface area contributed by atoms with Crippen molar-refractivity contribution in [3.05, 3.63) is 75.6 Å². The Balaban J connectivity index is 1.76. The summed E-state index contributed by atoms with van der Waals surface area (Å²) in [6.07, 6.45) is 1.66. The maximum Gasteiger partial charge on any atom is 0.148 e. The molecule has 0 bridgehead atoms. The van der Waals surface area contributed by atoms with Crippen molar-refractivity contribution in [1.82, 2.24) is 9.97 Å². The smallest absolute Gasteiger partial charge is 0.148 e. The molecule has 0 spiro atoms. The van der Waals surface area contributed by atoms with Gasteiger partial charge >= 0.3 is 0 Å². The van der Waals surface area contributed by atoms with Gasteiger partial charge in [-0.2, -0.15) is 0 Å².